The molecular formula is C19H25N5O2. The SMILES string of the molecule is Cc1nc(N2CCN(C(=O)C3CCOCC3)CC2)cc(-n2cccc2)n1. The molecule has 2 aromatic rings. The molecule has 2 fully saturated rings. The number of aromatic nitrogens is 3. The maximum absolute atomic E-state index is 12.7. The predicted molar refractivity (Wildman–Crippen MR) is 98.4 cm³/mol. The highest BCUT2D eigenvalue weighted by molar-refractivity contribution is 5.79. The number of aryl methyl sites for hydroxylation is 1. The zero-order chi connectivity index (χ0) is 17.9. The molecule has 0 aliphatic carbocycles. The summed E-state index contributed by atoms with van der Waals surface area (Å²) in [6.07, 6.45) is 5.67. The molecule has 0 spiro atoms. The molecule has 0 bridgehead atoms. The Morgan fingerprint density at radius 2 is 1.69 bits per heavy atom. The number of hydrogen-bond acceptors (Lipinski definition) is 5. The van der Waals surface area contributed by atoms with Crippen molar-refractivity contribution in [1.29, 1.82) is 0 Å². The lowest BCUT2D eigenvalue weighted by Gasteiger charge is -2.37. The highest BCUT2D eigenvalue weighted by Gasteiger charge is 2.29. The summed E-state index contributed by atoms with van der Waals surface area (Å²) in [6, 6.07) is 5.98. The lowest BCUT2D eigenvalue weighted by molar-refractivity contribution is -0.138. The average molecular weight is 355 g/mol. The van der Waals surface area contributed by atoms with E-state index in [4.69, 9.17) is 4.74 Å². The van der Waals surface area contributed by atoms with E-state index in [1.54, 1.807) is 0 Å². The number of amides is 1. The molecule has 0 saturated carbocycles. The molecule has 26 heavy (non-hydrogen) atoms. The number of carbonyl (C=O) groups excluding carboxylic acids is 1. The third-order valence-electron chi connectivity index (χ3n) is 5.17. The van der Waals surface area contributed by atoms with E-state index in [1.165, 1.54) is 0 Å². The van der Waals surface area contributed by atoms with Gasteiger partial charge in [-0.15, -0.1) is 0 Å². The number of anilines is 1. The second-order valence-corrected chi connectivity index (χ2v) is 6.92. The molecule has 2 aromatic heterocycles. The Kier molecular flexibility index (Phi) is 4.88. The van der Waals surface area contributed by atoms with Gasteiger partial charge in [-0.3, -0.25) is 4.79 Å². The molecule has 1 amide bonds. The number of rotatable bonds is 3. The summed E-state index contributed by atoms with van der Waals surface area (Å²) >= 11 is 0. The van der Waals surface area contributed by atoms with Crippen LogP contribution in [0.4, 0.5) is 5.82 Å². The minimum Gasteiger partial charge on any atom is -0.381 e. The van der Waals surface area contributed by atoms with E-state index < -0.39 is 0 Å². The molecule has 0 atom stereocenters. The summed E-state index contributed by atoms with van der Waals surface area (Å²) in [4.78, 5) is 26.1. The van der Waals surface area contributed by atoms with Crippen molar-refractivity contribution in [3.63, 3.8) is 0 Å². The minimum atomic E-state index is 0.136. The number of hydrogen-bond donors (Lipinski definition) is 0. The van der Waals surface area contributed by atoms with Crippen LogP contribution in [0.5, 0.6) is 0 Å². The van der Waals surface area contributed by atoms with Gasteiger partial charge in [-0.2, -0.15) is 0 Å². The van der Waals surface area contributed by atoms with Crippen molar-refractivity contribution in [2.45, 2.75) is 19.8 Å². The summed E-state index contributed by atoms with van der Waals surface area (Å²) < 4.78 is 7.36. The molecule has 7 nitrogen and oxygen atoms in total. The fourth-order valence-electron chi connectivity index (χ4n) is 3.68. The van der Waals surface area contributed by atoms with Crippen LogP contribution in [-0.2, 0) is 9.53 Å². The first kappa shape index (κ1) is 17.0. The summed E-state index contributed by atoms with van der Waals surface area (Å²) in [5.41, 5.74) is 0. The largest absolute Gasteiger partial charge is 0.381 e. The maximum atomic E-state index is 12.7. The molecule has 0 unspecified atom stereocenters. The first-order valence-electron chi connectivity index (χ1n) is 9.31. The van der Waals surface area contributed by atoms with Gasteiger partial charge < -0.3 is 19.1 Å². The Morgan fingerprint density at radius 1 is 1.04 bits per heavy atom. The van der Waals surface area contributed by atoms with Crippen LogP contribution in [0.25, 0.3) is 5.82 Å². The molecule has 4 heterocycles. The van der Waals surface area contributed by atoms with Crippen molar-refractivity contribution in [3.05, 3.63) is 36.4 Å². The van der Waals surface area contributed by atoms with E-state index in [-0.39, 0.29) is 5.92 Å². The Hall–Kier alpha value is -2.41. The zero-order valence-electron chi connectivity index (χ0n) is 15.2. The van der Waals surface area contributed by atoms with Crippen LogP contribution in [-0.4, -0.2) is 64.7 Å². The number of nitrogens with zero attached hydrogens (tertiary/aromatic N) is 5. The van der Waals surface area contributed by atoms with E-state index in [1.807, 2.05) is 47.0 Å². The fraction of sp³-hybridized carbons (Fsp3) is 0.526. The maximum Gasteiger partial charge on any atom is 0.225 e. The Labute approximate surface area is 153 Å². The second kappa shape index (κ2) is 7.45. The van der Waals surface area contributed by atoms with Crippen molar-refractivity contribution in [1.82, 2.24) is 19.4 Å². The van der Waals surface area contributed by atoms with E-state index >= 15 is 0 Å². The van der Waals surface area contributed by atoms with E-state index in [9.17, 15) is 4.79 Å². The smallest absolute Gasteiger partial charge is 0.225 e. The van der Waals surface area contributed by atoms with E-state index in [0.29, 0.717) is 19.1 Å². The Balaban J connectivity index is 1.42. The summed E-state index contributed by atoms with van der Waals surface area (Å²) in [6.45, 7) is 6.43. The highest BCUT2D eigenvalue weighted by Crippen LogP contribution is 2.21. The number of carbonyl (C=O) groups is 1. The lowest BCUT2D eigenvalue weighted by Crippen LogP contribution is -2.51. The number of piperazine rings is 1. The molecule has 2 aliphatic rings. The van der Waals surface area contributed by atoms with Crippen LogP contribution in [0.3, 0.4) is 0 Å². The van der Waals surface area contributed by atoms with Crippen molar-refractivity contribution in [3.8, 4) is 5.82 Å². The van der Waals surface area contributed by atoms with Gasteiger partial charge in [-0.1, -0.05) is 0 Å². The predicted octanol–water partition coefficient (Wildman–Crippen LogP) is 1.65. The van der Waals surface area contributed by atoms with Crippen LogP contribution >= 0.6 is 0 Å². The standard InChI is InChI=1S/C19H25N5O2/c1-15-20-17(22-6-2-3-7-22)14-18(21-15)23-8-10-24(11-9-23)19(25)16-4-12-26-13-5-16/h2-3,6-7,14,16H,4-5,8-13H2,1H3. The minimum absolute atomic E-state index is 0.136. The normalized spacial score (nSPS) is 19.0. The van der Waals surface area contributed by atoms with Gasteiger partial charge in [-0.05, 0) is 31.9 Å². The van der Waals surface area contributed by atoms with Gasteiger partial charge in [-0.25, -0.2) is 9.97 Å². The van der Waals surface area contributed by atoms with Gasteiger partial charge in [0.05, 0.1) is 0 Å². The topological polar surface area (TPSA) is 63.5 Å². The monoisotopic (exact) mass is 355 g/mol. The van der Waals surface area contributed by atoms with Gasteiger partial charge in [0.15, 0.2) is 0 Å². The fourth-order valence-corrected chi connectivity index (χ4v) is 3.68. The molecule has 0 N–H and O–H groups in total. The third kappa shape index (κ3) is 3.58. The van der Waals surface area contributed by atoms with E-state index in [0.717, 1.165) is 56.5 Å². The van der Waals surface area contributed by atoms with Gasteiger partial charge in [0, 0.05) is 63.8 Å². The van der Waals surface area contributed by atoms with Gasteiger partial charge >= 0.3 is 0 Å². The van der Waals surface area contributed by atoms with Crippen molar-refractivity contribution in [2.75, 3.05) is 44.3 Å². The van der Waals surface area contributed by atoms with Crippen LogP contribution in [0.15, 0.2) is 30.6 Å². The Bertz CT molecular complexity index is 747. The quantitative estimate of drug-likeness (QED) is 0.838. The van der Waals surface area contributed by atoms with Gasteiger partial charge in [0.2, 0.25) is 5.91 Å². The molecular weight excluding hydrogens is 330 g/mol. The molecule has 0 aromatic carbocycles. The first-order chi connectivity index (χ1) is 12.7. The van der Waals surface area contributed by atoms with Crippen LogP contribution < -0.4 is 4.90 Å². The van der Waals surface area contributed by atoms with Gasteiger partial charge in [0.25, 0.3) is 0 Å². The van der Waals surface area contributed by atoms with Crippen molar-refractivity contribution < 1.29 is 9.53 Å². The van der Waals surface area contributed by atoms with Crippen LogP contribution in [0.2, 0.25) is 0 Å². The molecule has 7 heteroatoms. The summed E-state index contributed by atoms with van der Waals surface area (Å²) in [7, 11) is 0. The molecule has 0 radical (unpaired) electrons. The average Bonchev–Trinajstić information content (AvgIpc) is 3.23. The summed E-state index contributed by atoms with van der Waals surface area (Å²) in [5.74, 6) is 2.99. The molecule has 138 valence electrons. The molecule has 2 aliphatic heterocycles. The van der Waals surface area contributed by atoms with Crippen LogP contribution in [0, 0.1) is 12.8 Å². The lowest BCUT2D eigenvalue weighted by atomic mass is 9.98. The van der Waals surface area contributed by atoms with Crippen molar-refractivity contribution in [2.24, 2.45) is 5.92 Å². The second-order valence-electron chi connectivity index (χ2n) is 6.92. The molecule has 2 saturated heterocycles. The number of ether oxygens (including phenoxy) is 1. The summed E-state index contributed by atoms with van der Waals surface area (Å²) in [5, 5.41) is 0. The third-order valence-corrected chi connectivity index (χ3v) is 5.17. The Morgan fingerprint density at radius 3 is 2.38 bits per heavy atom. The highest BCUT2D eigenvalue weighted by atomic mass is 16.5. The first-order valence-corrected chi connectivity index (χ1v) is 9.31. The van der Waals surface area contributed by atoms with Crippen LogP contribution in [0.1, 0.15) is 18.7 Å². The van der Waals surface area contributed by atoms with Crippen molar-refractivity contribution >= 4 is 11.7 Å². The van der Waals surface area contributed by atoms with Gasteiger partial charge in [0.1, 0.15) is 17.5 Å². The molecule has 4 rings (SSSR count). The van der Waals surface area contributed by atoms with E-state index in [2.05, 4.69) is 14.9 Å². The zero-order valence-corrected chi connectivity index (χ0v) is 15.2.